The lowest BCUT2D eigenvalue weighted by molar-refractivity contribution is 0.102. The number of nitrogens with zero attached hydrogens (tertiary/aromatic N) is 1. The highest BCUT2D eigenvalue weighted by molar-refractivity contribution is 7.92. The van der Waals surface area contributed by atoms with Gasteiger partial charge in [0.05, 0.1) is 21.7 Å². The third-order valence-electron chi connectivity index (χ3n) is 6.21. The molecule has 0 saturated heterocycles. The van der Waals surface area contributed by atoms with Crippen LogP contribution in [0.1, 0.15) is 21.5 Å². The van der Waals surface area contributed by atoms with E-state index in [9.17, 15) is 13.2 Å². The predicted molar refractivity (Wildman–Crippen MR) is 153 cm³/mol. The van der Waals surface area contributed by atoms with Crippen molar-refractivity contribution in [2.45, 2.75) is 18.7 Å². The quantitative estimate of drug-likeness (QED) is 0.237. The summed E-state index contributed by atoms with van der Waals surface area (Å²) in [4.78, 5) is 18.5. The molecule has 0 fully saturated rings. The molecule has 0 aliphatic rings. The van der Waals surface area contributed by atoms with Gasteiger partial charge in [-0.05, 0) is 74.0 Å². The molecule has 1 heterocycles. The average Bonchev–Trinajstić information content (AvgIpc) is 2.90. The van der Waals surface area contributed by atoms with Gasteiger partial charge in [0.15, 0.2) is 0 Å². The van der Waals surface area contributed by atoms with Crippen molar-refractivity contribution in [1.29, 1.82) is 0 Å². The maximum atomic E-state index is 13.5. The molecular formula is C30H24ClN3O3S. The Kier molecular flexibility index (Phi) is 6.89. The number of anilines is 2. The molecule has 0 spiro atoms. The summed E-state index contributed by atoms with van der Waals surface area (Å²) in [7, 11) is -3.73. The number of aryl methyl sites for hydroxylation is 1. The molecule has 1 aromatic heterocycles. The first-order valence-corrected chi connectivity index (χ1v) is 13.7. The number of hydrogen-bond donors (Lipinski definition) is 2. The van der Waals surface area contributed by atoms with Crippen LogP contribution in [0.15, 0.2) is 102 Å². The van der Waals surface area contributed by atoms with Crippen LogP contribution in [0.3, 0.4) is 0 Å². The maximum Gasteiger partial charge on any atom is 0.261 e. The van der Waals surface area contributed by atoms with Crippen LogP contribution < -0.4 is 10.0 Å². The normalized spacial score (nSPS) is 11.3. The summed E-state index contributed by atoms with van der Waals surface area (Å²) in [5.41, 5.74) is 5.41. The fourth-order valence-electron chi connectivity index (χ4n) is 4.24. The molecule has 8 heteroatoms. The molecule has 5 rings (SSSR count). The third kappa shape index (κ3) is 5.25. The smallest absolute Gasteiger partial charge is 0.261 e. The first-order valence-electron chi connectivity index (χ1n) is 11.9. The van der Waals surface area contributed by atoms with Gasteiger partial charge in [0.1, 0.15) is 0 Å². The second-order valence-electron chi connectivity index (χ2n) is 8.93. The van der Waals surface area contributed by atoms with E-state index < -0.39 is 10.0 Å². The van der Waals surface area contributed by atoms with Crippen LogP contribution in [0, 0.1) is 13.8 Å². The number of rotatable bonds is 6. The van der Waals surface area contributed by atoms with Gasteiger partial charge in [0.25, 0.3) is 15.9 Å². The van der Waals surface area contributed by atoms with Crippen LogP contribution >= 0.6 is 11.6 Å². The number of para-hydroxylation sites is 1. The van der Waals surface area contributed by atoms with Crippen LogP contribution in [0.25, 0.3) is 22.2 Å². The van der Waals surface area contributed by atoms with Crippen molar-refractivity contribution in [2.24, 2.45) is 0 Å². The van der Waals surface area contributed by atoms with Crippen LogP contribution in [0.5, 0.6) is 0 Å². The number of carbonyl (C=O) groups excluding carboxylic acids is 1. The second-order valence-corrected chi connectivity index (χ2v) is 11.1. The molecule has 0 aliphatic heterocycles. The number of fused-ring (bicyclic) bond motifs is 1. The van der Waals surface area contributed by atoms with E-state index in [1.54, 1.807) is 60.7 Å². The minimum atomic E-state index is -3.73. The molecular weight excluding hydrogens is 518 g/mol. The number of aromatic nitrogens is 1. The molecule has 0 atom stereocenters. The lowest BCUT2D eigenvalue weighted by Crippen LogP contribution is -2.16. The summed E-state index contributed by atoms with van der Waals surface area (Å²) in [5.74, 6) is -0.288. The molecule has 2 N–H and O–H groups in total. The zero-order chi connectivity index (χ0) is 26.9. The van der Waals surface area contributed by atoms with Gasteiger partial charge in [-0.1, -0.05) is 59.6 Å². The van der Waals surface area contributed by atoms with E-state index in [2.05, 4.69) is 10.0 Å². The summed E-state index contributed by atoms with van der Waals surface area (Å²) < 4.78 is 28.0. The average molecular weight is 542 g/mol. The summed E-state index contributed by atoms with van der Waals surface area (Å²) in [6, 6.07) is 28.0. The molecule has 0 saturated carbocycles. The van der Waals surface area contributed by atoms with E-state index in [1.165, 1.54) is 0 Å². The fourth-order valence-corrected chi connectivity index (χ4v) is 5.42. The summed E-state index contributed by atoms with van der Waals surface area (Å²) in [6.07, 6.45) is 0. The van der Waals surface area contributed by atoms with Gasteiger partial charge in [-0.15, -0.1) is 0 Å². The van der Waals surface area contributed by atoms with Crippen molar-refractivity contribution in [3.05, 3.63) is 119 Å². The van der Waals surface area contributed by atoms with E-state index in [0.29, 0.717) is 33.2 Å². The first kappa shape index (κ1) is 25.4. The monoisotopic (exact) mass is 541 g/mol. The number of halogens is 1. The Bertz CT molecular complexity index is 1750. The van der Waals surface area contributed by atoms with E-state index in [1.807, 2.05) is 50.2 Å². The van der Waals surface area contributed by atoms with Crippen molar-refractivity contribution in [3.8, 4) is 11.3 Å². The van der Waals surface area contributed by atoms with E-state index in [4.69, 9.17) is 16.6 Å². The number of nitrogens with one attached hydrogen (secondary N) is 2. The third-order valence-corrected chi connectivity index (χ3v) is 7.86. The highest BCUT2D eigenvalue weighted by Crippen LogP contribution is 2.31. The second kappa shape index (κ2) is 10.3. The van der Waals surface area contributed by atoms with E-state index in [0.717, 1.165) is 22.1 Å². The molecule has 0 unspecified atom stereocenters. The molecule has 5 aromatic rings. The van der Waals surface area contributed by atoms with Crippen LogP contribution in [0.2, 0.25) is 5.02 Å². The van der Waals surface area contributed by atoms with Crippen molar-refractivity contribution in [1.82, 2.24) is 4.98 Å². The number of pyridine rings is 1. The van der Waals surface area contributed by atoms with Crippen molar-refractivity contribution in [2.75, 3.05) is 10.0 Å². The number of sulfonamides is 1. The Morgan fingerprint density at radius 1 is 0.789 bits per heavy atom. The Morgan fingerprint density at radius 2 is 1.42 bits per heavy atom. The number of amides is 1. The molecule has 190 valence electrons. The lowest BCUT2D eigenvalue weighted by Gasteiger charge is -2.15. The molecule has 0 radical (unpaired) electrons. The van der Waals surface area contributed by atoms with Crippen LogP contribution in [-0.4, -0.2) is 19.3 Å². The van der Waals surface area contributed by atoms with Gasteiger partial charge in [0, 0.05) is 27.3 Å². The van der Waals surface area contributed by atoms with E-state index >= 15 is 0 Å². The Labute approximate surface area is 226 Å². The van der Waals surface area contributed by atoms with Crippen molar-refractivity contribution >= 4 is 49.8 Å². The molecule has 4 aromatic carbocycles. The summed E-state index contributed by atoms with van der Waals surface area (Å²) in [5, 5.41) is 4.30. The summed E-state index contributed by atoms with van der Waals surface area (Å²) >= 11 is 6.07. The lowest BCUT2D eigenvalue weighted by atomic mass is 9.97. The molecule has 0 aliphatic carbocycles. The van der Waals surface area contributed by atoms with Gasteiger partial charge in [-0.3, -0.25) is 9.52 Å². The minimum absolute atomic E-state index is 0.178. The van der Waals surface area contributed by atoms with E-state index in [-0.39, 0.29) is 10.8 Å². The molecule has 1 amide bonds. The van der Waals surface area contributed by atoms with Crippen molar-refractivity contribution in [3.63, 3.8) is 0 Å². The van der Waals surface area contributed by atoms with Crippen molar-refractivity contribution < 1.29 is 13.2 Å². The maximum absolute atomic E-state index is 13.5. The zero-order valence-corrected chi connectivity index (χ0v) is 22.3. The number of carbonyl (C=O) groups is 1. The Hall–Kier alpha value is -4.20. The highest BCUT2D eigenvalue weighted by Gasteiger charge is 2.19. The van der Waals surface area contributed by atoms with Gasteiger partial charge >= 0.3 is 0 Å². The fraction of sp³-hybridized carbons (Fsp3) is 0.0667. The molecule has 0 bridgehead atoms. The number of benzene rings is 4. The van der Waals surface area contributed by atoms with Gasteiger partial charge in [0.2, 0.25) is 0 Å². The van der Waals surface area contributed by atoms with Crippen LogP contribution in [-0.2, 0) is 10.0 Å². The minimum Gasteiger partial charge on any atom is -0.322 e. The summed E-state index contributed by atoms with van der Waals surface area (Å²) in [6.45, 7) is 3.77. The molecule has 6 nitrogen and oxygen atoms in total. The van der Waals surface area contributed by atoms with Gasteiger partial charge < -0.3 is 5.32 Å². The highest BCUT2D eigenvalue weighted by atomic mass is 35.5. The Morgan fingerprint density at radius 3 is 2.11 bits per heavy atom. The Balaban J connectivity index is 1.42. The van der Waals surface area contributed by atoms with Gasteiger partial charge in [-0.2, -0.15) is 0 Å². The van der Waals surface area contributed by atoms with Gasteiger partial charge in [-0.25, -0.2) is 13.4 Å². The SMILES string of the molecule is Cc1ccc(S(=O)(=O)Nc2ccc(NC(=O)c3c(C)c(-c4ccc(Cl)cc4)nc4ccccc34)cc2)cc1. The number of hydrogen-bond acceptors (Lipinski definition) is 4. The molecule has 38 heavy (non-hydrogen) atoms. The first-order chi connectivity index (χ1) is 18.2. The van der Waals surface area contributed by atoms with Crippen LogP contribution in [0.4, 0.5) is 11.4 Å². The topological polar surface area (TPSA) is 88.2 Å². The largest absolute Gasteiger partial charge is 0.322 e. The predicted octanol–water partition coefficient (Wildman–Crippen LogP) is 7.23. The zero-order valence-electron chi connectivity index (χ0n) is 20.7. The standard InChI is InChI=1S/C30H24ClN3O3S/c1-19-7-17-25(18-8-19)38(36,37)34-24-15-13-23(14-16-24)32-30(35)28-20(2)29(21-9-11-22(31)12-10-21)33-27-6-4-3-5-26(27)28/h3-18,34H,1-2H3,(H,32,35).